The topological polar surface area (TPSA) is 20.2 Å². The van der Waals surface area contributed by atoms with Crippen LogP contribution in [0.5, 0.6) is 0 Å². The van der Waals surface area contributed by atoms with Gasteiger partial charge in [0.25, 0.3) is 0 Å². The van der Waals surface area contributed by atoms with Crippen molar-refractivity contribution < 1.29 is 5.11 Å². The molecule has 1 N–H and O–H groups in total. The van der Waals surface area contributed by atoms with Crippen molar-refractivity contribution in [2.24, 2.45) is 23.7 Å². The summed E-state index contributed by atoms with van der Waals surface area (Å²) in [6, 6.07) is 0. The van der Waals surface area contributed by atoms with E-state index in [4.69, 9.17) is 0 Å². The molecule has 0 aromatic rings. The van der Waals surface area contributed by atoms with E-state index in [9.17, 15) is 5.11 Å². The molecular formula is C13H26O. The molecule has 4 unspecified atom stereocenters. The first-order valence-corrected chi connectivity index (χ1v) is 6.18. The molecule has 0 bridgehead atoms. The van der Waals surface area contributed by atoms with Gasteiger partial charge in [-0.05, 0) is 49.9 Å². The summed E-state index contributed by atoms with van der Waals surface area (Å²) in [5, 5.41) is 9.49. The van der Waals surface area contributed by atoms with Gasteiger partial charge in [-0.15, -0.1) is 0 Å². The Labute approximate surface area is 88.9 Å². The molecule has 1 nitrogen and oxygen atoms in total. The Kier molecular flexibility index (Phi) is 4.43. The minimum Gasteiger partial charge on any atom is -0.393 e. The van der Waals surface area contributed by atoms with E-state index in [1.807, 2.05) is 6.92 Å². The Morgan fingerprint density at radius 3 is 2.36 bits per heavy atom. The summed E-state index contributed by atoms with van der Waals surface area (Å²) in [6.07, 6.45) is 4.97. The van der Waals surface area contributed by atoms with Crippen molar-refractivity contribution in [1.29, 1.82) is 0 Å². The number of aliphatic hydroxyl groups excluding tert-OH is 1. The molecule has 4 atom stereocenters. The highest BCUT2D eigenvalue weighted by Crippen LogP contribution is 2.40. The SMILES string of the molecule is CC(O)CC1CC(C)CCC1C(C)C. The van der Waals surface area contributed by atoms with Crippen LogP contribution in [0.25, 0.3) is 0 Å². The molecule has 0 radical (unpaired) electrons. The van der Waals surface area contributed by atoms with Crippen LogP contribution in [0.15, 0.2) is 0 Å². The summed E-state index contributed by atoms with van der Waals surface area (Å²) in [5.41, 5.74) is 0. The van der Waals surface area contributed by atoms with Gasteiger partial charge in [0, 0.05) is 0 Å². The molecule has 1 rings (SSSR count). The van der Waals surface area contributed by atoms with Crippen LogP contribution in [0.3, 0.4) is 0 Å². The fourth-order valence-electron chi connectivity index (χ4n) is 3.11. The zero-order valence-electron chi connectivity index (χ0n) is 10.2. The summed E-state index contributed by atoms with van der Waals surface area (Å²) in [5.74, 6) is 3.26. The molecule has 1 saturated carbocycles. The van der Waals surface area contributed by atoms with E-state index in [0.717, 1.165) is 30.1 Å². The maximum absolute atomic E-state index is 9.49. The van der Waals surface area contributed by atoms with Crippen LogP contribution < -0.4 is 0 Å². The second-order valence-corrected chi connectivity index (χ2v) is 5.67. The highest BCUT2D eigenvalue weighted by atomic mass is 16.3. The van der Waals surface area contributed by atoms with Crippen LogP contribution >= 0.6 is 0 Å². The van der Waals surface area contributed by atoms with Gasteiger partial charge in [0.05, 0.1) is 6.10 Å². The molecule has 0 aromatic carbocycles. The number of hydrogen-bond donors (Lipinski definition) is 1. The third-order valence-corrected chi connectivity index (χ3v) is 3.80. The first-order valence-electron chi connectivity index (χ1n) is 6.18. The van der Waals surface area contributed by atoms with Gasteiger partial charge in [-0.25, -0.2) is 0 Å². The first-order chi connectivity index (χ1) is 6.50. The number of rotatable bonds is 3. The Balaban J connectivity index is 2.54. The third-order valence-electron chi connectivity index (χ3n) is 3.80. The molecule has 14 heavy (non-hydrogen) atoms. The van der Waals surface area contributed by atoms with E-state index < -0.39 is 0 Å². The molecule has 0 amide bonds. The molecule has 1 fully saturated rings. The molecule has 0 saturated heterocycles. The monoisotopic (exact) mass is 198 g/mol. The minimum absolute atomic E-state index is 0.119. The lowest BCUT2D eigenvalue weighted by molar-refractivity contribution is 0.0812. The molecule has 0 heterocycles. The second kappa shape index (κ2) is 5.16. The molecule has 0 aliphatic heterocycles. The first kappa shape index (κ1) is 12.0. The second-order valence-electron chi connectivity index (χ2n) is 5.67. The van der Waals surface area contributed by atoms with Crippen molar-refractivity contribution in [3.05, 3.63) is 0 Å². The van der Waals surface area contributed by atoms with E-state index in [1.165, 1.54) is 19.3 Å². The van der Waals surface area contributed by atoms with Crippen molar-refractivity contribution in [3.63, 3.8) is 0 Å². The highest BCUT2D eigenvalue weighted by Gasteiger charge is 2.30. The average Bonchev–Trinajstić information content (AvgIpc) is 2.01. The van der Waals surface area contributed by atoms with Gasteiger partial charge in [-0.2, -0.15) is 0 Å². The molecule has 1 aliphatic carbocycles. The lowest BCUT2D eigenvalue weighted by Crippen LogP contribution is -2.29. The number of aliphatic hydroxyl groups is 1. The van der Waals surface area contributed by atoms with Gasteiger partial charge in [0.1, 0.15) is 0 Å². The average molecular weight is 198 g/mol. The van der Waals surface area contributed by atoms with Crippen molar-refractivity contribution in [1.82, 2.24) is 0 Å². The van der Waals surface area contributed by atoms with Crippen LogP contribution in [-0.2, 0) is 0 Å². The predicted octanol–water partition coefficient (Wildman–Crippen LogP) is 3.47. The number of hydrogen-bond acceptors (Lipinski definition) is 1. The van der Waals surface area contributed by atoms with Gasteiger partial charge >= 0.3 is 0 Å². The fraction of sp³-hybridized carbons (Fsp3) is 1.00. The Morgan fingerprint density at radius 2 is 1.86 bits per heavy atom. The smallest absolute Gasteiger partial charge is 0.0514 e. The Hall–Kier alpha value is -0.0400. The molecule has 0 spiro atoms. The minimum atomic E-state index is -0.119. The van der Waals surface area contributed by atoms with E-state index in [2.05, 4.69) is 20.8 Å². The third kappa shape index (κ3) is 3.27. The van der Waals surface area contributed by atoms with Crippen LogP contribution in [0.1, 0.15) is 53.4 Å². The zero-order valence-corrected chi connectivity index (χ0v) is 10.2. The van der Waals surface area contributed by atoms with E-state index >= 15 is 0 Å². The zero-order chi connectivity index (χ0) is 10.7. The van der Waals surface area contributed by atoms with Gasteiger partial charge in [0.2, 0.25) is 0 Å². The summed E-state index contributed by atoms with van der Waals surface area (Å²) in [4.78, 5) is 0. The molecule has 1 heteroatoms. The van der Waals surface area contributed by atoms with E-state index in [-0.39, 0.29) is 6.10 Å². The standard InChI is InChI=1S/C13H26O/c1-9(2)13-6-5-10(3)7-12(13)8-11(4)14/h9-14H,5-8H2,1-4H3. The Morgan fingerprint density at radius 1 is 1.21 bits per heavy atom. The van der Waals surface area contributed by atoms with Crippen LogP contribution in [0.4, 0.5) is 0 Å². The fourth-order valence-corrected chi connectivity index (χ4v) is 3.11. The maximum atomic E-state index is 9.49. The molecule has 0 aromatic heterocycles. The predicted molar refractivity (Wildman–Crippen MR) is 61.1 cm³/mol. The molecule has 84 valence electrons. The summed E-state index contributed by atoms with van der Waals surface area (Å²) in [7, 11) is 0. The maximum Gasteiger partial charge on any atom is 0.0514 e. The van der Waals surface area contributed by atoms with Gasteiger partial charge in [-0.1, -0.05) is 27.2 Å². The lowest BCUT2D eigenvalue weighted by atomic mass is 9.68. The van der Waals surface area contributed by atoms with Crippen molar-refractivity contribution in [2.75, 3.05) is 0 Å². The summed E-state index contributed by atoms with van der Waals surface area (Å²) < 4.78 is 0. The van der Waals surface area contributed by atoms with Crippen LogP contribution in [0, 0.1) is 23.7 Å². The molecular weight excluding hydrogens is 172 g/mol. The van der Waals surface area contributed by atoms with Crippen molar-refractivity contribution in [2.45, 2.75) is 59.5 Å². The van der Waals surface area contributed by atoms with E-state index in [1.54, 1.807) is 0 Å². The van der Waals surface area contributed by atoms with Gasteiger partial charge < -0.3 is 5.11 Å². The molecule has 1 aliphatic rings. The largest absolute Gasteiger partial charge is 0.393 e. The summed E-state index contributed by atoms with van der Waals surface area (Å²) in [6.45, 7) is 8.94. The highest BCUT2D eigenvalue weighted by molar-refractivity contribution is 4.81. The summed E-state index contributed by atoms with van der Waals surface area (Å²) >= 11 is 0. The lowest BCUT2D eigenvalue weighted by Gasteiger charge is -2.38. The Bertz CT molecular complexity index is 161. The van der Waals surface area contributed by atoms with Gasteiger partial charge in [-0.3, -0.25) is 0 Å². The normalized spacial score (nSPS) is 36.0. The van der Waals surface area contributed by atoms with Crippen molar-refractivity contribution >= 4 is 0 Å². The van der Waals surface area contributed by atoms with Crippen LogP contribution in [0.2, 0.25) is 0 Å². The van der Waals surface area contributed by atoms with E-state index in [0.29, 0.717) is 0 Å². The van der Waals surface area contributed by atoms with Crippen LogP contribution in [-0.4, -0.2) is 11.2 Å². The van der Waals surface area contributed by atoms with Gasteiger partial charge in [0.15, 0.2) is 0 Å². The van der Waals surface area contributed by atoms with Crippen molar-refractivity contribution in [3.8, 4) is 0 Å². The quantitative estimate of drug-likeness (QED) is 0.736.